The first-order valence-electron chi connectivity index (χ1n) is 9.66. The van der Waals surface area contributed by atoms with E-state index < -0.39 is 0 Å². The lowest BCUT2D eigenvalue weighted by molar-refractivity contribution is 0.0696. The molecule has 0 spiro atoms. The highest BCUT2D eigenvalue weighted by Crippen LogP contribution is 2.35. The van der Waals surface area contributed by atoms with Crippen LogP contribution in [0.2, 0.25) is 0 Å². The second-order valence-electron chi connectivity index (χ2n) is 7.33. The lowest BCUT2D eigenvalue weighted by atomic mass is 10.1. The van der Waals surface area contributed by atoms with E-state index >= 15 is 0 Å². The summed E-state index contributed by atoms with van der Waals surface area (Å²) in [6.07, 6.45) is 2.75. The zero-order valence-electron chi connectivity index (χ0n) is 15.4. The number of aryl methyl sites for hydroxylation is 1. The number of carbonyl (C=O) groups excluding carboxylic acids is 1. The molecular weight excluding hydrogens is 342 g/mol. The van der Waals surface area contributed by atoms with Crippen LogP contribution in [0.1, 0.15) is 46.7 Å². The molecule has 7 nitrogen and oxygen atoms in total. The van der Waals surface area contributed by atoms with E-state index in [1.807, 2.05) is 36.1 Å². The number of rotatable bonds is 2. The highest BCUT2D eigenvalue weighted by atomic mass is 16.3. The van der Waals surface area contributed by atoms with Gasteiger partial charge in [0.25, 0.3) is 5.91 Å². The lowest BCUT2D eigenvalue weighted by Gasteiger charge is -2.24. The molecule has 1 amide bonds. The van der Waals surface area contributed by atoms with Crippen LogP contribution >= 0.6 is 0 Å². The molecule has 140 valence electrons. The molecule has 1 N–H and O–H groups in total. The highest BCUT2D eigenvalue weighted by molar-refractivity contribution is 5.99. The van der Waals surface area contributed by atoms with E-state index in [2.05, 4.69) is 20.1 Å². The molecular formula is C20H23N5O2. The molecule has 2 aliphatic heterocycles. The number of nitrogens with one attached hydrogen (secondary N) is 1. The number of benzene rings is 1. The third-order valence-corrected chi connectivity index (χ3v) is 5.74. The predicted octanol–water partition coefficient (Wildman–Crippen LogP) is 2.46. The molecule has 0 bridgehead atoms. The minimum absolute atomic E-state index is 0.0375. The minimum Gasteiger partial charge on any atom is -0.451 e. The van der Waals surface area contributed by atoms with Gasteiger partial charge in [-0.2, -0.15) is 0 Å². The van der Waals surface area contributed by atoms with Crippen molar-refractivity contribution in [3.63, 3.8) is 0 Å². The molecule has 0 radical (unpaired) electrons. The number of aromatic nitrogens is 3. The van der Waals surface area contributed by atoms with Crippen LogP contribution in [0, 0.1) is 6.92 Å². The van der Waals surface area contributed by atoms with Crippen LogP contribution in [0.25, 0.3) is 11.0 Å². The predicted molar refractivity (Wildman–Crippen MR) is 101 cm³/mol. The summed E-state index contributed by atoms with van der Waals surface area (Å²) >= 11 is 0. The van der Waals surface area contributed by atoms with Gasteiger partial charge in [0, 0.05) is 43.5 Å². The van der Waals surface area contributed by atoms with Gasteiger partial charge in [0.2, 0.25) is 0 Å². The molecule has 27 heavy (non-hydrogen) atoms. The molecule has 5 rings (SSSR count). The van der Waals surface area contributed by atoms with Gasteiger partial charge in [-0.1, -0.05) is 18.2 Å². The Labute approximate surface area is 157 Å². The first-order valence-corrected chi connectivity index (χ1v) is 9.66. The number of carbonyl (C=O) groups is 1. The number of likely N-dealkylation sites (tertiary alicyclic amines) is 1. The van der Waals surface area contributed by atoms with Gasteiger partial charge in [0.15, 0.2) is 11.6 Å². The topological polar surface area (TPSA) is 76.2 Å². The fourth-order valence-corrected chi connectivity index (χ4v) is 4.33. The number of hydrogen-bond donors (Lipinski definition) is 1. The molecule has 0 aliphatic carbocycles. The van der Waals surface area contributed by atoms with E-state index in [1.54, 1.807) is 0 Å². The average Bonchev–Trinajstić information content (AvgIpc) is 3.35. The molecule has 7 heteroatoms. The van der Waals surface area contributed by atoms with Gasteiger partial charge in [-0.15, -0.1) is 10.2 Å². The number of nitrogens with zero attached hydrogens (tertiary/aromatic N) is 4. The third kappa shape index (κ3) is 2.65. The van der Waals surface area contributed by atoms with Crippen LogP contribution in [0.15, 0.2) is 28.7 Å². The molecule has 4 heterocycles. The first-order chi connectivity index (χ1) is 13.2. The van der Waals surface area contributed by atoms with Gasteiger partial charge in [0.1, 0.15) is 11.4 Å². The standard InChI is InChI=1S/C20H23N5O2/c1-13-14-5-2-3-7-16(14)27-18(13)20(26)24-11-4-6-15(24)19-23-22-17-8-9-21-10-12-25(17)19/h2-3,5,7,15,21H,4,6,8-12H2,1H3. The number of para-hydroxylation sites is 1. The van der Waals surface area contributed by atoms with Crippen molar-refractivity contribution in [2.75, 3.05) is 19.6 Å². The summed E-state index contributed by atoms with van der Waals surface area (Å²) in [5, 5.41) is 13.3. The van der Waals surface area contributed by atoms with Crippen LogP contribution in [0.5, 0.6) is 0 Å². The van der Waals surface area contributed by atoms with E-state index in [0.29, 0.717) is 5.76 Å². The zero-order valence-corrected chi connectivity index (χ0v) is 15.4. The summed E-state index contributed by atoms with van der Waals surface area (Å²) in [5.41, 5.74) is 1.67. The fraction of sp³-hybridized carbons (Fsp3) is 0.450. The van der Waals surface area contributed by atoms with Crippen molar-refractivity contribution in [1.29, 1.82) is 0 Å². The summed E-state index contributed by atoms with van der Waals surface area (Å²) in [7, 11) is 0. The summed E-state index contributed by atoms with van der Waals surface area (Å²) < 4.78 is 8.12. The van der Waals surface area contributed by atoms with Gasteiger partial charge in [-0.3, -0.25) is 4.79 Å². The molecule has 1 aromatic carbocycles. The van der Waals surface area contributed by atoms with E-state index in [9.17, 15) is 4.79 Å². The molecule has 1 unspecified atom stereocenters. The van der Waals surface area contributed by atoms with Crippen LogP contribution in [0.3, 0.4) is 0 Å². The monoisotopic (exact) mass is 365 g/mol. The van der Waals surface area contributed by atoms with Crippen LogP contribution in [-0.4, -0.2) is 45.2 Å². The summed E-state index contributed by atoms with van der Waals surface area (Å²) in [6.45, 7) is 5.35. The molecule has 3 aromatic rings. The Kier molecular flexibility index (Phi) is 3.97. The van der Waals surface area contributed by atoms with Crippen molar-refractivity contribution in [3.05, 3.63) is 47.2 Å². The maximum Gasteiger partial charge on any atom is 0.290 e. The Bertz CT molecular complexity index is 1010. The van der Waals surface area contributed by atoms with Crippen molar-refractivity contribution in [1.82, 2.24) is 25.0 Å². The maximum atomic E-state index is 13.3. The van der Waals surface area contributed by atoms with Gasteiger partial charge in [0.05, 0.1) is 6.04 Å². The van der Waals surface area contributed by atoms with E-state index in [1.165, 1.54) is 0 Å². The molecule has 1 atom stereocenters. The molecule has 1 fully saturated rings. The molecule has 2 aromatic heterocycles. The number of furan rings is 1. The van der Waals surface area contributed by atoms with Gasteiger partial charge >= 0.3 is 0 Å². The Hall–Kier alpha value is -2.67. The summed E-state index contributed by atoms with van der Waals surface area (Å²) in [4.78, 5) is 15.3. The van der Waals surface area contributed by atoms with Crippen molar-refractivity contribution >= 4 is 16.9 Å². The normalized spacial score (nSPS) is 20.0. The first kappa shape index (κ1) is 16.5. The fourth-order valence-electron chi connectivity index (χ4n) is 4.33. The quantitative estimate of drug-likeness (QED) is 0.755. The Morgan fingerprint density at radius 2 is 2.11 bits per heavy atom. The van der Waals surface area contributed by atoms with Crippen LogP contribution in [-0.2, 0) is 13.0 Å². The van der Waals surface area contributed by atoms with Crippen LogP contribution < -0.4 is 5.32 Å². The van der Waals surface area contributed by atoms with Gasteiger partial charge in [-0.25, -0.2) is 0 Å². The third-order valence-electron chi connectivity index (χ3n) is 5.74. The number of fused-ring (bicyclic) bond motifs is 2. The van der Waals surface area contributed by atoms with Crippen molar-refractivity contribution < 1.29 is 9.21 Å². The SMILES string of the molecule is Cc1c(C(=O)N2CCCC2c2nnc3n2CCNCC3)oc2ccccc12. The number of amides is 1. The molecule has 1 saturated heterocycles. The van der Waals surface area contributed by atoms with E-state index in [-0.39, 0.29) is 11.9 Å². The second-order valence-corrected chi connectivity index (χ2v) is 7.33. The Morgan fingerprint density at radius 3 is 3.00 bits per heavy atom. The Balaban J connectivity index is 1.50. The highest BCUT2D eigenvalue weighted by Gasteiger charge is 2.36. The van der Waals surface area contributed by atoms with Crippen molar-refractivity contribution in [2.24, 2.45) is 0 Å². The second kappa shape index (κ2) is 6.49. The van der Waals surface area contributed by atoms with Gasteiger partial charge < -0.3 is 19.2 Å². The summed E-state index contributed by atoms with van der Waals surface area (Å²) in [5.74, 6) is 2.32. The van der Waals surface area contributed by atoms with Crippen molar-refractivity contribution in [2.45, 2.75) is 38.8 Å². The van der Waals surface area contributed by atoms with Crippen molar-refractivity contribution in [3.8, 4) is 0 Å². The summed E-state index contributed by atoms with van der Waals surface area (Å²) in [6, 6.07) is 7.77. The Morgan fingerprint density at radius 1 is 1.22 bits per heavy atom. The molecule has 2 aliphatic rings. The van der Waals surface area contributed by atoms with Gasteiger partial charge in [-0.05, 0) is 25.8 Å². The number of hydrogen-bond acceptors (Lipinski definition) is 5. The molecule has 0 saturated carbocycles. The largest absolute Gasteiger partial charge is 0.451 e. The zero-order chi connectivity index (χ0) is 18.4. The average molecular weight is 365 g/mol. The minimum atomic E-state index is -0.0460. The lowest BCUT2D eigenvalue weighted by Crippen LogP contribution is -2.32. The smallest absolute Gasteiger partial charge is 0.290 e. The van der Waals surface area contributed by atoms with E-state index in [4.69, 9.17) is 4.42 Å². The maximum absolute atomic E-state index is 13.3. The van der Waals surface area contributed by atoms with Crippen LogP contribution in [0.4, 0.5) is 0 Å². The van der Waals surface area contributed by atoms with E-state index in [0.717, 1.165) is 73.6 Å².